The molecule has 0 bridgehead atoms. The van der Waals surface area contributed by atoms with Gasteiger partial charge in [-0.25, -0.2) is 9.59 Å². The van der Waals surface area contributed by atoms with E-state index in [4.69, 9.17) is 14.2 Å². The van der Waals surface area contributed by atoms with Crippen LogP contribution in [0.15, 0.2) is 0 Å². The highest BCUT2D eigenvalue weighted by molar-refractivity contribution is 5.73. The number of rotatable bonds is 21. The summed E-state index contributed by atoms with van der Waals surface area (Å²) in [5, 5.41) is 0. The Bertz CT molecular complexity index is 357. The van der Waals surface area contributed by atoms with E-state index in [9.17, 15) is 9.59 Å². The Labute approximate surface area is 172 Å². The second kappa shape index (κ2) is 22.2. The van der Waals surface area contributed by atoms with Gasteiger partial charge in [-0.15, -0.1) is 0 Å². The van der Waals surface area contributed by atoms with Crippen molar-refractivity contribution in [3.8, 4) is 0 Å². The van der Waals surface area contributed by atoms with Crippen LogP contribution in [0.3, 0.4) is 0 Å². The van der Waals surface area contributed by atoms with Crippen molar-refractivity contribution in [1.82, 2.24) is 0 Å². The fraction of sp³-hybridized carbons (Fsp3) is 0.913. The Balaban J connectivity index is 3.25. The first-order valence-corrected chi connectivity index (χ1v) is 11.6. The fourth-order valence-corrected chi connectivity index (χ4v) is 2.97. The van der Waals surface area contributed by atoms with E-state index in [2.05, 4.69) is 13.8 Å². The summed E-state index contributed by atoms with van der Waals surface area (Å²) in [4.78, 5) is 22.9. The standard InChI is InChI=1S/C23H44O5/c1-3-5-7-8-9-10-11-12-13-14-15-17-19-28-23(25)21-26-20-22(24)27-18-16-6-4-2/h3-21H2,1-2H3. The van der Waals surface area contributed by atoms with Crippen molar-refractivity contribution in [3.05, 3.63) is 0 Å². The fourth-order valence-electron chi connectivity index (χ4n) is 2.97. The largest absolute Gasteiger partial charge is 0.464 e. The van der Waals surface area contributed by atoms with Gasteiger partial charge < -0.3 is 14.2 Å². The van der Waals surface area contributed by atoms with E-state index < -0.39 is 11.9 Å². The minimum absolute atomic E-state index is 0.192. The molecule has 0 aliphatic carbocycles. The highest BCUT2D eigenvalue weighted by Gasteiger charge is 2.07. The lowest BCUT2D eigenvalue weighted by Gasteiger charge is -2.07. The number of carbonyl (C=O) groups is 2. The molecule has 0 radical (unpaired) electrons. The van der Waals surface area contributed by atoms with Crippen molar-refractivity contribution in [3.63, 3.8) is 0 Å². The summed E-state index contributed by atoms with van der Waals surface area (Å²) in [5.74, 6) is -0.841. The molecular formula is C23H44O5. The molecule has 0 aromatic heterocycles. The molecule has 166 valence electrons. The van der Waals surface area contributed by atoms with E-state index in [1.807, 2.05) is 0 Å². The van der Waals surface area contributed by atoms with Gasteiger partial charge in [0.1, 0.15) is 13.2 Å². The first kappa shape index (κ1) is 26.9. The molecule has 5 heteroatoms. The number of esters is 2. The van der Waals surface area contributed by atoms with Gasteiger partial charge in [-0.05, 0) is 12.8 Å². The molecule has 0 saturated carbocycles. The van der Waals surface area contributed by atoms with Crippen LogP contribution in [0, 0.1) is 0 Å². The van der Waals surface area contributed by atoms with Crippen LogP contribution in [0.2, 0.25) is 0 Å². The molecule has 0 heterocycles. The van der Waals surface area contributed by atoms with E-state index in [-0.39, 0.29) is 13.2 Å². The second-order valence-electron chi connectivity index (χ2n) is 7.53. The van der Waals surface area contributed by atoms with Crippen LogP contribution in [0.25, 0.3) is 0 Å². The molecule has 0 atom stereocenters. The smallest absolute Gasteiger partial charge is 0.332 e. The molecule has 0 amide bonds. The summed E-state index contributed by atoms with van der Waals surface area (Å²) >= 11 is 0. The van der Waals surface area contributed by atoms with Crippen LogP contribution in [-0.2, 0) is 23.8 Å². The molecule has 0 unspecified atom stereocenters. The molecule has 28 heavy (non-hydrogen) atoms. The Morgan fingerprint density at radius 1 is 0.500 bits per heavy atom. The summed E-state index contributed by atoms with van der Waals surface area (Å²) in [6.07, 6.45) is 18.3. The minimum atomic E-state index is -0.426. The van der Waals surface area contributed by atoms with Crippen molar-refractivity contribution in [1.29, 1.82) is 0 Å². The van der Waals surface area contributed by atoms with Crippen LogP contribution in [-0.4, -0.2) is 38.4 Å². The van der Waals surface area contributed by atoms with Gasteiger partial charge in [-0.3, -0.25) is 0 Å². The molecule has 5 nitrogen and oxygen atoms in total. The monoisotopic (exact) mass is 400 g/mol. The van der Waals surface area contributed by atoms with Gasteiger partial charge in [0.25, 0.3) is 0 Å². The van der Waals surface area contributed by atoms with E-state index >= 15 is 0 Å². The van der Waals surface area contributed by atoms with Gasteiger partial charge in [0.2, 0.25) is 0 Å². The lowest BCUT2D eigenvalue weighted by Crippen LogP contribution is -2.19. The van der Waals surface area contributed by atoms with E-state index in [1.54, 1.807) is 0 Å². The molecule has 0 saturated heterocycles. The number of hydrogen-bond acceptors (Lipinski definition) is 5. The minimum Gasteiger partial charge on any atom is -0.464 e. The topological polar surface area (TPSA) is 61.8 Å². The number of carbonyl (C=O) groups excluding carboxylic acids is 2. The summed E-state index contributed by atoms with van der Waals surface area (Å²) < 4.78 is 15.1. The third-order valence-electron chi connectivity index (χ3n) is 4.71. The summed E-state index contributed by atoms with van der Waals surface area (Å²) in [6.45, 7) is 4.81. The molecule has 0 spiro atoms. The van der Waals surface area contributed by atoms with Crippen molar-refractivity contribution in [2.45, 2.75) is 110 Å². The second-order valence-corrected chi connectivity index (χ2v) is 7.53. The first-order chi connectivity index (χ1) is 13.7. The van der Waals surface area contributed by atoms with Crippen molar-refractivity contribution in [2.75, 3.05) is 26.4 Å². The van der Waals surface area contributed by atoms with E-state index in [1.165, 1.54) is 64.2 Å². The number of unbranched alkanes of at least 4 members (excludes halogenated alkanes) is 13. The van der Waals surface area contributed by atoms with Gasteiger partial charge >= 0.3 is 11.9 Å². The van der Waals surface area contributed by atoms with Crippen LogP contribution in [0.4, 0.5) is 0 Å². The van der Waals surface area contributed by atoms with Gasteiger partial charge in [-0.2, -0.15) is 0 Å². The maximum absolute atomic E-state index is 11.5. The highest BCUT2D eigenvalue weighted by Crippen LogP contribution is 2.11. The summed E-state index contributed by atoms with van der Waals surface area (Å²) in [5.41, 5.74) is 0. The zero-order chi connectivity index (χ0) is 20.7. The molecular weight excluding hydrogens is 356 g/mol. The maximum Gasteiger partial charge on any atom is 0.332 e. The third-order valence-corrected chi connectivity index (χ3v) is 4.71. The van der Waals surface area contributed by atoms with Crippen molar-refractivity contribution in [2.24, 2.45) is 0 Å². The van der Waals surface area contributed by atoms with Crippen LogP contribution < -0.4 is 0 Å². The number of ether oxygens (including phenoxy) is 3. The van der Waals surface area contributed by atoms with Gasteiger partial charge in [0, 0.05) is 0 Å². The molecule has 0 aliphatic heterocycles. The molecule has 0 rings (SSSR count). The number of hydrogen-bond donors (Lipinski definition) is 0. The average molecular weight is 401 g/mol. The third kappa shape index (κ3) is 21.2. The molecule has 0 aromatic carbocycles. The molecule has 0 fully saturated rings. The van der Waals surface area contributed by atoms with Crippen molar-refractivity contribution < 1.29 is 23.8 Å². The predicted octanol–water partition coefficient (Wildman–Crippen LogP) is 5.98. The summed E-state index contributed by atoms with van der Waals surface area (Å²) in [7, 11) is 0. The van der Waals surface area contributed by atoms with Crippen LogP contribution >= 0.6 is 0 Å². The zero-order valence-electron chi connectivity index (χ0n) is 18.5. The molecule has 0 N–H and O–H groups in total. The molecule has 0 aliphatic rings. The van der Waals surface area contributed by atoms with E-state index in [0.29, 0.717) is 13.2 Å². The van der Waals surface area contributed by atoms with Gasteiger partial charge in [-0.1, -0.05) is 97.3 Å². The Morgan fingerprint density at radius 2 is 0.821 bits per heavy atom. The zero-order valence-corrected chi connectivity index (χ0v) is 18.5. The normalized spacial score (nSPS) is 10.8. The first-order valence-electron chi connectivity index (χ1n) is 11.6. The van der Waals surface area contributed by atoms with Gasteiger partial charge in [0.15, 0.2) is 0 Å². The summed E-state index contributed by atoms with van der Waals surface area (Å²) in [6, 6.07) is 0. The Kier molecular flexibility index (Phi) is 21.3. The highest BCUT2D eigenvalue weighted by atomic mass is 16.6. The maximum atomic E-state index is 11.5. The average Bonchev–Trinajstić information content (AvgIpc) is 2.69. The van der Waals surface area contributed by atoms with Crippen molar-refractivity contribution >= 4 is 11.9 Å². The lowest BCUT2D eigenvalue weighted by molar-refractivity contribution is -0.155. The van der Waals surface area contributed by atoms with Crippen LogP contribution in [0.5, 0.6) is 0 Å². The van der Waals surface area contributed by atoms with E-state index in [0.717, 1.165) is 32.1 Å². The Morgan fingerprint density at radius 3 is 1.25 bits per heavy atom. The Hall–Kier alpha value is -1.10. The van der Waals surface area contributed by atoms with Crippen LogP contribution in [0.1, 0.15) is 110 Å². The molecule has 0 aromatic rings. The quantitative estimate of drug-likeness (QED) is 0.175. The van der Waals surface area contributed by atoms with Gasteiger partial charge in [0.05, 0.1) is 13.2 Å². The lowest BCUT2D eigenvalue weighted by atomic mass is 10.1. The predicted molar refractivity (Wildman–Crippen MR) is 113 cm³/mol. The SMILES string of the molecule is CCCCCCCCCCCCCCOC(=O)COCC(=O)OCCCCC.